The molecule has 2 unspecified atom stereocenters. The molecule has 38 heavy (non-hydrogen) atoms. The highest BCUT2D eigenvalue weighted by molar-refractivity contribution is 7.92. The first-order chi connectivity index (χ1) is 17.7. The molecule has 0 bridgehead atoms. The van der Waals surface area contributed by atoms with Crippen molar-refractivity contribution >= 4 is 27.3 Å². The number of rotatable bonds is 6. The van der Waals surface area contributed by atoms with Gasteiger partial charge in [0.05, 0.1) is 22.7 Å². The van der Waals surface area contributed by atoms with E-state index in [1.165, 1.54) is 6.92 Å². The smallest absolute Gasteiger partial charge is 0.341 e. The lowest BCUT2D eigenvalue weighted by Crippen LogP contribution is -2.41. The second-order valence-corrected chi connectivity index (χ2v) is 10.7. The Morgan fingerprint density at radius 2 is 1.79 bits per heavy atom. The van der Waals surface area contributed by atoms with Gasteiger partial charge < -0.3 is 4.74 Å². The van der Waals surface area contributed by atoms with Crippen molar-refractivity contribution in [1.29, 1.82) is 5.26 Å². The van der Waals surface area contributed by atoms with Crippen molar-refractivity contribution in [3.8, 4) is 11.8 Å². The number of halogens is 5. The van der Waals surface area contributed by atoms with E-state index in [4.69, 9.17) is 16.3 Å². The zero-order valence-electron chi connectivity index (χ0n) is 19.5. The molecule has 2 atom stereocenters. The molecule has 1 fully saturated rings. The van der Waals surface area contributed by atoms with E-state index in [9.17, 15) is 36.4 Å². The van der Waals surface area contributed by atoms with Crippen LogP contribution in [0.5, 0.6) is 0 Å². The average Bonchev–Trinajstić information content (AvgIpc) is 3.62. The number of ether oxygens (including phenoxy) is 1. The van der Waals surface area contributed by atoms with Gasteiger partial charge in [-0.1, -0.05) is 23.7 Å². The van der Waals surface area contributed by atoms with Crippen molar-refractivity contribution in [2.24, 2.45) is 7.05 Å². The summed E-state index contributed by atoms with van der Waals surface area (Å²) in [5, 5.41) is 10.1. The van der Waals surface area contributed by atoms with E-state index in [2.05, 4.69) is 0 Å². The van der Waals surface area contributed by atoms with Gasteiger partial charge >= 0.3 is 11.9 Å². The van der Waals surface area contributed by atoms with Gasteiger partial charge in [0.25, 0.3) is 5.56 Å². The average molecular weight is 573 g/mol. The normalized spacial score (nSPS) is 17.2. The second kappa shape index (κ2) is 9.57. The van der Waals surface area contributed by atoms with E-state index in [1.54, 1.807) is 30.3 Å². The fraction of sp³-hybridized carbons (Fsp3) is 0.261. The van der Waals surface area contributed by atoms with Gasteiger partial charge in [0.15, 0.2) is 6.23 Å². The number of alkyl halides is 3. The summed E-state index contributed by atoms with van der Waals surface area (Å²) < 4.78 is 87.6. The minimum atomic E-state index is -5.05. The van der Waals surface area contributed by atoms with Gasteiger partial charge in [0, 0.05) is 18.1 Å². The highest BCUT2D eigenvalue weighted by Crippen LogP contribution is 2.45. The molecule has 0 N–H and O–H groups in total. The van der Waals surface area contributed by atoms with Crippen molar-refractivity contribution in [2.45, 2.75) is 25.4 Å². The fourth-order valence-corrected chi connectivity index (χ4v) is 5.21. The topological polar surface area (TPSA) is 118 Å². The highest BCUT2D eigenvalue weighted by atomic mass is 35.5. The highest BCUT2D eigenvalue weighted by Gasteiger charge is 2.50. The Balaban J connectivity index is 1.93. The van der Waals surface area contributed by atoms with Crippen LogP contribution in [0.15, 0.2) is 52.1 Å². The van der Waals surface area contributed by atoms with Crippen LogP contribution in [-0.4, -0.2) is 29.5 Å². The first kappa shape index (κ1) is 27.4. The third kappa shape index (κ3) is 4.80. The van der Waals surface area contributed by atoms with Crippen molar-refractivity contribution in [1.82, 2.24) is 9.13 Å². The van der Waals surface area contributed by atoms with Crippen LogP contribution in [0.25, 0.3) is 5.69 Å². The lowest BCUT2D eigenvalue weighted by molar-refractivity contribution is -0.144. The number of hydrogen-bond donors (Lipinski definition) is 0. The number of nitrogens with zero attached hydrogens (tertiary/aromatic N) is 4. The number of nitriles is 1. The first-order valence-electron chi connectivity index (χ1n) is 10.8. The summed E-state index contributed by atoms with van der Waals surface area (Å²) in [5.74, 6) is -1.79. The number of anilines is 1. The molecule has 0 amide bonds. The lowest BCUT2D eigenvalue weighted by Gasteiger charge is -2.24. The van der Waals surface area contributed by atoms with Crippen LogP contribution in [0, 0.1) is 17.1 Å². The summed E-state index contributed by atoms with van der Waals surface area (Å²) in [5.41, 5.74) is -5.83. The van der Waals surface area contributed by atoms with Gasteiger partial charge in [-0.05, 0) is 36.8 Å². The van der Waals surface area contributed by atoms with Crippen molar-refractivity contribution in [3.63, 3.8) is 0 Å². The van der Waals surface area contributed by atoms with Gasteiger partial charge in [-0.15, -0.1) is 0 Å². The molecular formula is C23H17ClF4N4O5S. The molecule has 4 rings (SSSR count). The number of aromatic nitrogens is 2. The Kier molecular flexibility index (Phi) is 6.89. The Morgan fingerprint density at radius 1 is 1.16 bits per heavy atom. The van der Waals surface area contributed by atoms with Gasteiger partial charge in [0.1, 0.15) is 23.7 Å². The van der Waals surface area contributed by atoms with Crippen molar-refractivity contribution in [2.75, 3.05) is 10.1 Å². The number of epoxide rings is 1. The summed E-state index contributed by atoms with van der Waals surface area (Å²) in [4.78, 5) is 25.3. The fourth-order valence-electron chi connectivity index (χ4n) is 3.88. The quantitative estimate of drug-likeness (QED) is 0.330. The van der Waals surface area contributed by atoms with E-state index < -0.39 is 74.0 Å². The molecule has 3 aromatic rings. The molecule has 15 heteroatoms. The minimum absolute atomic E-state index is 0.111. The predicted molar refractivity (Wildman–Crippen MR) is 128 cm³/mol. The number of benzene rings is 2. The Labute approximate surface area is 217 Å². The minimum Gasteiger partial charge on any atom is -0.341 e. The van der Waals surface area contributed by atoms with Crippen LogP contribution in [0.2, 0.25) is 5.02 Å². The van der Waals surface area contributed by atoms with Crippen LogP contribution in [-0.2, 0) is 28.0 Å². The summed E-state index contributed by atoms with van der Waals surface area (Å²) in [6.07, 6.45) is -7.03. The molecule has 0 aliphatic carbocycles. The molecule has 1 aliphatic heterocycles. The van der Waals surface area contributed by atoms with Gasteiger partial charge in [0.2, 0.25) is 10.0 Å². The van der Waals surface area contributed by atoms with E-state index in [0.717, 1.165) is 17.4 Å². The molecule has 200 valence electrons. The van der Waals surface area contributed by atoms with E-state index in [1.807, 2.05) is 0 Å². The number of hydrogen-bond acceptors (Lipinski definition) is 6. The maximum atomic E-state index is 15.1. The summed E-state index contributed by atoms with van der Waals surface area (Å²) in [6.45, 7) is 1.31. The maximum Gasteiger partial charge on any atom is 0.431 e. The Bertz CT molecular complexity index is 1700. The van der Waals surface area contributed by atoms with Crippen LogP contribution in [0.4, 0.5) is 23.2 Å². The van der Waals surface area contributed by atoms with Gasteiger partial charge in [-0.2, -0.15) is 18.4 Å². The van der Waals surface area contributed by atoms with E-state index in [-0.39, 0.29) is 15.2 Å². The molecule has 1 aliphatic rings. The van der Waals surface area contributed by atoms with E-state index in [0.29, 0.717) is 16.7 Å². The van der Waals surface area contributed by atoms with Gasteiger partial charge in [-0.25, -0.2) is 26.5 Å². The van der Waals surface area contributed by atoms with Crippen molar-refractivity contribution in [3.05, 3.63) is 91.0 Å². The van der Waals surface area contributed by atoms with Crippen LogP contribution in [0.3, 0.4) is 0 Å². The zero-order chi connectivity index (χ0) is 28.2. The monoisotopic (exact) mass is 572 g/mol. The third-order valence-corrected chi connectivity index (χ3v) is 7.82. The predicted octanol–water partition coefficient (Wildman–Crippen LogP) is 3.47. The molecule has 0 saturated carbocycles. The standard InChI is InChI=1S/C23H17ClF4N4O5S/c1-3-38(35,36)32(21-20(37-21)12-4-6-14(24)7-5-12)16-9-17(15(25)8-13(16)11-29)31-19(33)10-18(23(26,27)28)30(2)22(31)34/h4-10,20-21H,3H2,1-2H3. The van der Waals surface area contributed by atoms with Gasteiger partial charge in [-0.3, -0.25) is 9.36 Å². The summed E-state index contributed by atoms with van der Waals surface area (Å²) in [7, 11) is -3.47. The summed E-state index contributed by atoms with van der Waals surface area (Å²) in [6, 6.07) is 9.41. The molecule has 9 nitrogen and oxygen atoms in total. The molecule has 2 heterocycles. The first-order valence-corrected chi connectivity index (χ1v) is 12.8. The Morgan fingerprint density at radius 3 is 2.34 bits per heavy atom. The largest absolute Gasteiger partial charge is 0.431 e. The van der Waals surface area contributed by atoms with E-state index >= 15 is 4.39 Å². The molecule has 1 aromatic heterocycles. The molecule has 2 aromatic carbocycles. The molecule has 0 radical (unpaired) electrons. The molecule has 0 spiro atoms. The maximum absolute atomic E-state index is 15.1. The zero-order valence-corrected chi connectivity index (χ0v) is 21.1. The number of sulfonamides is 1. The van der Waals surface area contributed by atoms with Crippen LogP contribution >= 0.6 is 11.6 Å². The Hall–Kier alpha value is -3.67. The van der Waals surface area contributed by atoms with Crippen LogP contribution < -0.4 is 15.6 Å². The SMILES string of the molecule is CCS(=O)(=O)N(c1cc(-n2c(=O)cc(C(F)(F)F)n(C)c2=O)c(F)cc1C#N)C1OC1c1ccc(Cl)cc1. The van der Waals surface area contributed by atoms with Crippen LogP contribution in [0.1, 0.15) is 29.8 Å². The lowest BCUT2D eigenvalue weighted by atomic mass is 10.1. The van der Waals surface area contributed by atoms with Crippen molar-refractivity contribution < 1.29 is 30.7 Å². The summed E-state index contributed by atoms with van der Waals surface area (Å²) >= 11 is 5.89. The molecule has 1 saturated heterocycles. The molecular weight excluding hydrogens is 556 g/mol. The third-order valence-electron chi connectivity index (χ3n) is 5.84. The second-order valence-electron chi connectivity index (χ2n) is 8.17.